The van der Waals surface area contributed by atoms with Crippen LogP contribution in [0.15, 0.2) is 22.8 Å². The van der Waals surface area contributed by atoms with E-state index in [1.54, 1.807) is 0 Å². The van der Waals surface area contributed by atoms with Crippen LogP contribution in [-0.2, 0) is 6.42 Å². The van der Waals surface area contributed by atoms with Gasteiger partial charge in [-0.3, -0.25) is 4.98 Å². The molecule has 1 aromatic rings. The highest BCUT2D eigenvalue weighted by Gasteiger charge is 2.44. The fraction of sp³-hybridized carbons (Fsp3) is 0.688. The van der Waals surface area contributed by atoms with Gasteiger partial charge in [-0.2, -0.15) is 0 Å². The Morgan fingerprint density at radius 1 is 1.37 bits per heavy atom. The van der Waals surface area contributed by atoms with Gasteiger partial charge in [0.05, 0.1) is 5.60 Å². The van der Waals surface area contributed by atoms with Crippen LogP contribution in [0.2, 0.25) is 0 Å². The summed E-state index contributed by atoms with van der Waals surface area (Å²) in [6, 6.07) is 4.01. The molecule has 2 rings (SSSR count). The summed E-state index contributed by atoms with van der Waals surface area (Å²) in [7, 11) is 0. The van der Waals surface area contributed by atoms with Crippen LogP contribution < -0.4 is 0 Å². The molecule has 1 heterocycles. The van der Waals surface area contributed by atoms with Gasteiger partial charge in [-0.15, -0.1) is 0 Å². The number of pyridine rings is 1. The summed E-state index contributed by atoms with van der Waals surface area (Å²) < 4.78 is 0.985. The van der Waals surface area contributed by atoms with Gasteiger partial charge in [0.1, 0.15) is 0 Å². The molecule has 2 unspecified atom stereocenters. The van der Waals surface area contributed by atoms with Crippen molar-refractivity contribution in [3.8, 4) is 0 Å². The molecule has 1 saturated carbocycles. The van der Waals surface area contributed by atoms with Crippen molar-refractivity contribution in [3.05, 3.63) is 28.5 Å². The summed E-state index contributed by atoms with van der Waals surface area (Å²) >= 11 is 3.40. The van der Waals surface area contributed by atoms with Crippen LogP contribution >= 0.6 is 15.9 Å². The number of aromatic nitrogens is 1. The first-order valence-electron chi connectivity index (χ1n) is 7.14. The summed E-state index contributed by atoms with van der Waals surface area (Å²) in [6.45, 7) is 6.72. The quantitative estimate of drug-likeness (QED) is 0.876. The van der Waals surface area contributed by atoms with Crippen molar-refractivity contribution in [2.45, 2.75) is 58.5 Å². The van der Waals surface area contributed by atoms with Gasteiger partial charge in [-0.25, -0.2) is 0 Å². The maximum absolute atomic E-state index is 11.1. The SMILES string of the molecule is CC(C)(C)C1CCCCC1(O)Cc1ccc(Br)cn1. The average molecular weight is 326 g/mol. The first kappa shape index (κ1) is 15.0. The van der Waals surface area contributed by atoms with Gasteiger partial charge in [0.2, 0.25) is 0 Å². The Balaban J connectivity index is 2.21. The molecule has 0 aliphatic heterocycles. The van der Waals surface area contributed by atoms with Crippen molar-refractivity contribution in [2.75, 3.05) is 0 Å². The van der Waals surface area contributed by atoms with E-state index in [0.29, 0.717) is 12.3 Å². The van der Waals surface area contributed by atoms with Crippen molar-refractivity contribution < 1.29 is 5.11 Å². The summed E-state index contributed by atoms with van der Waals surface area (Å²) in [4.78, 5) is 4.43. The molecule has 0 saturated heterocycles. The van der Waals surface area contributed by atoms with Crippen LogP contribution in [-0.4, -0.2) is 15.7 Å². The lowest BCUT2D eigenvalue weighted by molar-refractivity contribution is -0.0894. The molecule has 0 aromatic carbocycles. The zero-order valence-electron chi connectivity index (χ0n) is 12.1. The molecular formula is C16H24BrNO. The average Bonchev–Trinajstić information content (AvgIpc) is 2.31. The lowest BCUT2D eigenvalue weighted by atomic mass is 9.62. The van der Waals surface area contributed by atoms with E-state index in [0.717, 1.165) is 29.4 Å². The number of hydrogen-bond acceptors (Lipinski definition) is 2. The molecule has 1 N–H and O–H groups in total. The second-order valence-electron chi connectivity index (χ2n) is 6.91. The first-order chi connectivity index (χ1) is 8.81. The van der Waals surface area contributed by atoms with Gasteiger partial charge in [0, 0.05) is 22.8 Å². The Labute approximate surface area is 124 Å². The third-order valence-corrected chi connectivity index (χ3v) is 4.79. The number of rotatable bonds is 2. The van der Waals surface area contributed by atoms with Crippen LogP contribution in [0.5, 0.6) is 0 Å². The van der Waals surface area contributed by atoms with Crippen molar-refractivity contribution in [3.63, 3.8) is 0 Å². The molecule has 3 heteroatoms. The molecule has 2 nitrogen and oxygen atoms in total. The number of hydrogen-bond donors (Lipinski definition) is 1. The molecule has 0 bridgehead atoms. The van der Waals surface area contributed by atoms with Crippen molar-refractivity contribution in [2.24, 2.45) is 11.3 Å². The third-order valence-electron chi connectivity index (χ3n) is 4.32. The zero-order valence-corrected chi connectivity index (χ0v) is 13.7. The van der Waals surface area contributed by atoms with Gasteiger partial charge >= 0.3 is 0 Å². The number of aliphatic hydroxyl groups is 1. The van der Waals surface area contributed by atoms with Crippen LogP contribution in [0.3, 0.4) is 0 Å². The molecule has 1 aliphatic carbocycles. The second-order valence-corrected chi connectivity index (χ2v) is 7.83. The zero-order chi connectivity index (χ0) is 14.1. The molecule has 1 aromatic heterocycles. The van der Waals surface area contributed by atoms with Crippen LogP contribution in [0.1, 0.15) is 52.1 Å². The van der Waals surface area contributed by atoms with Gasteiger partial charge in [-0.05, 0) is 52.2 Å². The maximum Gasteiger partial charge on any atom is 0.0736 e. The van der Waals surface area contributed by atoms with Crippen molar-refractivity contribution >= 4 is 15.9 Å². The van der Waals surface area contributed by atoms with E-state index in [1.165, 1.54) is 6.42 Å². The van der Waals surface area contributed by atoms with Crippen LogP contribution in [0.25, 0.3) is 0 Å². The Kier molecular flexibility index (Phi) is 4.36. The minimum absolute atomic E-state index is 0.143. The molecule has 2 atom stereocenters. The van der Waals surface area contributed by atoms with E-state index < -0.39 is 5.60 Å². The number of halogens is 1. The van der Waals surface area contributed by atoms with Gasteiger partial charge < -0.3 is 5.11 Å². The van der Waals surface area contributed by atoms with Gasteiger partial charge in [0.25, 0.3) is 0 Å². The number of nitrogens with zero attached hydrogens (tertiary/aromatic N) is 1. The minimum Gasteiger partial charge on any atom is -0.389 e. The Morgan fingerprint density at radius 2 is 2.11 bits per heavy atom. The van der Waals surface area contributed by atoms with Crippen molar-refractivity contribution in [1.82, 2.24) is 4.98 Å². The molecule has 1 fully saturated rings. The molecule has 0 spiro atoms. The predicted molar refractivity (Wildman–Crippen MR) is 82.0 cm³/mol. The largest absolute Gasteiger partial charge is 0.389 e. The first-order valence-corrected chi connectivity index (χ1v) is 7.93. The highest BCUT2D eigenvalue weighted by atomic mass is 79.9. The molecule has 19 heavy (non-hydrogen) atoms. The highest BCUT2D eigenvalue weighted by Crippen LogP contribution is 2.45. The van der Waals surface area contributed by atoms with E-state index in [1.807, 2.05) is 18.3 Å². The van der Waals surface area contributed by atoms with E-state index in [4.69, 9.17) is 0 Å². The van der Waals surface area contributed by atoms with Crippen LogP contribution in [0.4, 0.5) is 0 Å². The lowest BCUT2D eigenvalue weighted by Crippen LogP contribution is -2.48. The molecule has 1 aliphatic rings. The Morgan fingerprint density at radius 3 is 2.68 bits per heavy atom. The summed E-state index contributed by atoms with van der Waals surface area (Å²) in [6.07, 6.45) is 6.86. The lowest BCUT2D eigenvalue weighted by Gasteiger charge is -2.47. The predicted octanol–water partition coefficient (Wildman–Crippen LogP) is 4.35. The minimum atomic E-state index is -0.600. The molecule has 106 valence electrons. The van der Waals surface area contributed by atoms with Gasteiger partial charge in [-0.1, -0.05) is 33.6 Å². The monoisotopic (exact) mass is 325 g/mol. The van der Waals surface area contributed by atoms with Crippen LogP contribution in [0, 0.1) is 11.3 Å². The summed E-state index contributed by atoms with van der Waals surface area (Å²) in [5.74, 6) is 0.346. The van der Waals surface area contributed by atoms with Gasteiger partial charge in [0.15, 0.2) is 0 Å². The van der Waals surface area contributed by atoms with E-state index in [9.17, 15) is 5.11 Å². The summed E-state index contributed by atoms with van der Waals surface area (Å²) in [5, 5.41) is 11.1. The molecule has 0 amide bonds. The molecule has 0 radical (unpaired) electrons. The van der Waals surface area contributed by atoms with E-state index in [-0.39, 0.29) is 5.41 Å². The fourth-order valence-electron chi connectivity index (χ4n) is 3.50. The maximum atomic E-state index is 11.1. The van der Waals surface area contributed by atoms with Crippen molar-refractivity contribution in [1.29, 1.82) is 0 Å². The Hall–Kier alpha value is -0.410. The second kappa shape index (κ2) is 5.53. The third kappa shape index (κ3) is 3.57. The standard InChI is InChI=1S/C16H24BrNO/c1-15(2,3)14-6-4-5-9-16(14,19)10-13-8-7-12(17)11-18-13/h7-8,11,14,19H,4-6,9-10H2,1-3H3. The van der Waals surface area contributed by atoms with E-state index in [2.05, 4.69) is 41.7 Å². The fourth-order valence-corrected chi connectivity index (χ4v) is 3.73. The molecular weight excluding hydrogens is 302 g/mol. The highest BCUT2D eigenvalue weighted by molar-refractivity contribution is 9.10. The summed E-state index contributed by atoms with van der Waals surface area (Å²) in [5.41, 5.74) is 0.531. The Bertz CT molecular complexity index is 423. The topological polar surface area (TPSA) is 33.1 Å². The normalized spacial score (nSPS) is 28.4. The smallest absolute Gasteiger partial charge is 0.0736 e. The van der Waals surface area contributed by atoms with E-state index >= 15 is 0 Å².